The van der Waals surface area contributed by atoms with Gasteiger partial charge in [0.05, 0.1) is 17.8 Å². The average Bonchev–Trinajstić information content (AvgIpc) is 2.75. The number of carbonyl (C=O) groups is 1. The van der Waals surface area contributed by atoms with Crippen LogP contribution in [0.4, 0.5) is 4.39 Å². The second kappa shape index (κ2) is 4.96. The highest BCUT2D eigenvalue weighted by Gasteiger charge is 2.22. The van der Waals surface area contributed by atoms with Gasteiger partial charge in [0, 0.05) is 11.6 Å². The van der Waals surface area contributed by atoms with E-state index < -0.39 is 0 Å². The lowest BCUT2D eigenvalue weighted by atomic mass is 9.90. The highest BCUT2D eigenvalue weighted by Crippen LogP contribution is 2.23. The van der Waals surface area contributed by atoms with Gasteiger partial charge in [0.15, 0.2) is 6.29 Å². The minimum Gasteiger partial charge on any atom is -0.298 e. The maximum absolute atomic E-state index is 12.8. The first-order chi connectivity index (χ1) is 8.90. The summed E-state index contributed by atoms with van der Waals surface area (Å²) in [5.74, 6) is -0.256. The van der Waals surface area contributed by atoms with Gasteiger partial charge in [-0.3, -0.25) is 9.48 Å². The lowest BCUT2D eigenvalue weighted by Gasteiger charge is -2.15. The first-order valence-corrected chi connectivity index (χ1v) is 6.17. The topological polar surface area (TPSA) is 34.9 Å². The van der Waals surface area contributed by atoms with Gasteiger partial charge < -0.3 is 0 Å². The van der Waals surface area contributed by atoms with Crippen molar-refractivity contribution in [3.63, 3.8) is 0 Å². The highest BCUT2D eigenvalue weighted by molar-refractivity contribution is 5.76. The van der Waals surface area contributed by atoms with Crippen molar-refractivity contribution >= 4 is 6.29 Å². The summed E-state index contributed by atoms with van der Waals surface area (Å²) in [6, 6.07) is 6.27. The van der Waals surface area contributed by atoms with Crippen molar-refractivity contribution in [3.05, 3.63) is 53.1 Å². The molecule has 4 heteroatoms. The molecular formula is C15H17FN2O. The molecule has 0 amide bonds. The summed E-state index contributed by atoms with van der Waals surface area (Å²) in [5, 5.41) is 4.46. The Kier molecular flexibility index (Phi) is 3.51. The fraction of sp³-hybridized carbons (Fsp3) is 0.333. The molecule has 0 saturated carbocycles. The molecule has 3 nitrogen and oxygen atoms in total. The van der Waals surface area contributed by atoms with Gasteiger partial charge in [0.25, 0.3) is 0 Å². The number of nitrogens with zero attached hydrogens (tertiary/aromatic N) is 2. The summed E-state index contributed by atoms with van der Waals surface area (Å²) in [7, 11) is 0. The Balaban J connectivity index is 2.29. The summed E-state index contributed by atoms with van der Waals surface area (Å²) in [4.78, 5) is 11.1. The summed E-state index contributed by atoms with van der Waals surface area (Å²) in [6.45, 7) is 6.58. The predicted octanol–water partition coefficient (Wildman–Crippen LogP) is 3.18. The minimum atomic E-state index is -0.256. The Labute approximate surface area is 112 Å². The van der Waals surface area contributed by atoms with Crippen LogP contribution >= 0.6 is 0 Å². The molecule has 0 radical (unpaired) electrons. The minimum absolute atomic E-state index is 0.176. The van der Waals surface area contributed by atoms with E-state index in [0.717, 1.165) is 17.5 Å². The third-order valence-corrected chi connectivity index (χ3v) is 2.89. The number of aldehydes is 1. The monoisotopic (exact) mass is 260 g/mol. The van der Waals surface area contributed by atoms with Gasteiger partial charge in [0.1, 0.15) is 5.82 Å². The molecule has 100 valence electrons. The average molecular weight is 260 g/mol. The Hall–Kier alpha value is -1.97. The molecule has 0 aliphatic rings. The van der Waals surface area contributed by atoms with E-state index in [1.165, 1.54) is 12.1 Å². The van der Waals surface area contributed by atoms with Crippen LogP contribution in [0.15, 0.2) is 30.5 Å². The zero-order valence-electron chi connectivity index (χ0n) is 11.4. The van der Waals surface area contributed by atoms with Gasteiger partial charge in [-0.1, -0.05) is 32.9 Å². The normalized spacial score (nSPS) is 11.6. The van der Waals surface area contributed by atoms with E-state index in [1.807, 2.05) is 20.8 Å². The van der Waals surface area contributed by atoms with Crippen LogP contribution in [-0.4, -0.2) is 16.1 Å². The van der Waals surface area contributed by atoms with Gasteiger partial charge in [-0.15, -0.1) is 0 Å². The Morgan fingerprint density at radius 1 is 1.26 bits per heavy atom. The molecule has 1 aromatic carbocycles. The maximum Gasteiger partial charge on any atom is 0.153 e. The number of rotatable bonds is 3. The Bertz CT molecular complexity index is 579. The number of hydrogen-bond donors (Lipinski definition) is 0. The van der Waals surface area contributed by atoms with Crippen molar-refractivity contribution in [3.8, 4) is 0 Å². The van der Waals surface area contributed by atoms with E-state index in [0.29, 0.717) is 12.1 Å². The lowest BCUT2D eigenvalue weighted by Crippen LogP contribution is -2.15. The third-order valence-electron chi connectivity index (χ3n) is 2.89. The summed E-state index contributed by atoms with van der Waals surface area (Å²) < 4.78 is 14.6. The molecule has 0 N–H and O–H groups in total. The van der Waals surface area contributed by atoms with Crippen LogP contribution < -0.4 is 0 Å². The van der Waals surface area contributed by atoms with Crippen molar-refractivity contribution in [2.24, 2.45) is 0 Å². The first-order valence-electron chi connectivity index (χ1n) is 6.17. The second-order valence-electron chi connectivity index (χ2n) is 5.62. The van der Waals surface area contributed by atoms with E-state index in [9.17, 15) is 9.18 Å². The molecule has 0 aliphatic heterocycles. The van der Waals surface area contributed by atoms with Crippen molar-refractivity contribution in [1.29, 1.82) is 0 Å². The zero-order valence-corrected chi connectivity index (χ0v) is 11.4. The Morgan fingerprint density at radius 3 is 2.37 bits per heavy atom. The zero-order chi connectivity index (χ0) is 14.0. The number of benzene rings is 1. The lowest BCUT2D eigenvalue weighted by molar-refractivity contribution is 0.112. The molecule has 1 heterocycles. The molecule has 0 aliphatic carbocycles. The highest BCUT2D eigenvalue weighted by atomic mass is 19.1. The molecule has 0 bridgehead atoms. The summed E-state index contributed by atoms with van der Waals surface area (Å²) >= 11 is 0. The summed E-state index contributed by atoms with van der Waals surface area (Å²) in [6.07, 6.45) is 2.56. The molecule has 2 aromatic rings. The number of halogens is 1. The van der Waals surface area contributed by atoms with Gasteiger partial charge >= 0.3 is 0 Å². The van der Waals surface area contributed by atoms with Crippen LogP contribution in [0.5, 0.6) is 0 Å². The van der Waals surface area contributed by atoms with Crippen LogP contribution in [0, 0.1) is 5.82 Å². The first kappa shape index (κ1) is 13.5. The molecule has 0 fully saturated rings. The molecule has 2 rings (SSSR count). The second-order valence-corrected chi connectivity index (χ2v) is 5.62. The van der Waals surface area contributed by atoms with E-state index in [1.54, 1.807) is 23.0 Å². The molecule has 0 unspecified atom stereocenters. The van der Waals surface area contributed by atoms with Crippen molar-refractivity contribution in [2.75, 3.05) is 0 Å². The van der Waals surface area contributed by atoms with Gasteiger partial charge in [-0.2, -0.15) is 5.10 Å². The maximum atomic E-state index is 12.8. The van der Waals surface area contributed by atoms with Gasteiger partial charge in [-0.05, 0) is 17.7 Å². The van der Waals surface area contributed by atoms with Crippen molar-refractivity contribution in [1.82, 2.24) is 9.78 Å². The van der Waals surface area contributed by atoms with E-state index >= 15 is 0 Å². The number of hydrogen-bond acceptors (Lipinski definition) is 2. The van der Waals surface area contributed by atoms with Crippen molar-refractivity contribution < 1.29 is 9.18 Å². The quantitative estimate of drug-likeness (QED) is 0.794. The van der Waals surface area contributed by atoms with Crippen LogP contribution in [0.1, 0.15) is 42.4 Å². The van der Waals surface area contributed by atoms with E-state index in [-0.39, 0.29) is 11.2 Å². The Morgan fingerprint density at radius 2 is 1.89 bits per heavy atom. The smallest absolute Gasteiger partial charge is 0.153 e. The predicted molar refractivity (Wildman–Crippen MR) is 71.8 cm³/mol. The molecule has 0 saturated heterocycles. The van der Waals surface area contributed by atoms with Gasteiger partial charge in [0.2, 0.25) is 0 Å². The van der Waals surface area contributed by atoms with Crippen LogP contribution in [0.25, 0.3) is 0 Å². The number of carbonyl (C=O) groups excluding carboxylic acids is 1. The van der Waals surface area contributed by atoms with Crippen LogP contribution in [0.2, 0.25) is 0 Å². The standard InChI is InChI=1S/C15H17FN2O/c1-15(2,3)14-12(10-19)9-18(17-14)8-11-4-6-13(16)7-5-11/h4-7,9-10H,8H2,1-3H3. The molecule has 0 atom stereocenters. The fourth-order valence-corrected chi connectivity index (χ4v) is 1.96. The molecule has 0 spiro atoms. The summed E-state index contributed by atoms with van der Waals surface area (Å²) in [5.41, 5.74) is 2.16. The molecular weight excluding hydrogens is 243 g/mol. The molecule has 19 heavy (non-hydrogen) atoms. The van der Waals surface area contributed by atoms with Crippen LogP contribution in [-0.2, 0) is 12.0 Å². The van der Waals surface area contributed by atoms with E-state index in [4.69, 9.17) is 0 Å². The SMILES string of the molecule is CC(C)(C)c1nn(Cc2ccc(F)cc2)cc1C=O. The van der Waals surface area contributed by atoms with E-state index in [2.05, 4.69) is 5.10 Å². The molecule has 1 aromatic heterocycles. The largest absolute Gasteiger partial charge is 0.298 e. The fourth-order valence-electron chi connectivity index (χ4n) is 1.96. The van der Waals surface area contributed by atoms with Crippen LogP contribution in [0.3, 0.4) is 0 Å². The third kappa shape index (κ3) is 3.08. The van der Waals surface area contributed by atoms with Gasteiger partial charge in [-0.25, -0.2) is 4.39 Å². The number of aromatic nitrogens is 2. The van der Waals surface area contributed by atoms with Crippen molar-refractivity contribution in [2.45, 2.75) is 32.7 Å².